The molecule has 7 nitrogen and oxygen atoms in total. The highest BCUT2D eigenvalue weighted by molar-refractivity contribution is 5.86. The average Bonchev–Trinajstić information content (AvgIpc) is 2.70. The summed E-state index contributed by atoms with van der Waals surface area (Å²) in [5, 5.41) is 5.55. The summed E-state index contributed by atoms with van der Waals surface area (Å²) in [6.45, 7) is 6.70. The Morgan fingerprint density at radius 1 is 0.903 bits per heavy atom. The molecule has 0 saturated heterocycles. The van der Waals surface area contributed by atoms with Crippen LogP contribution in [0, 0.1) is 0 Å². The second-order valence-electron chi connectivity index (χ2n) is 8.18. The van der Waals surface area contributed by atoms with Gasteiger partial charge in [-0.15, -0.1) is 0 Å². The topological polar surface area (TPSA) is 93.7 Å². The fraction of sp³-hybridized carbons (Fsp3) is 0.375. The molecule has 0 saturated carbocycles. The maximum absolute atomic E-state index is 12.9. The molecule has 0 radical (unpaired) electrons. The molecule has 0 aliphatic carbocycles. The largest absolute Gasteiger partial charge is 0.497 e. The van der Waals surface area contributed by atoms with Gasteiger partial charge in [0.1, 0.15) is 11.4 Å². The monoisotopic (exact) mass is 426 g/mol. The number of hydrogen-bond acceptors (Lipinski definition) is 5. The van der Waals surface area contributed by atoms with Crippen LogP contribution in [0.1, 0.15) is 57.3 Å². The van der Waals surface area contributed by atoms with E-state index in [9.17, 15) is 14.4 Å². The fourth-order valence-corrected chi connectivity index (χ4v) is 3.02. The molecule has 0 bridgehead atoms. The smallest absolute Gasteiger partial charge is 0.333 e. The van der Waals surface area contributed by atoms with E-state index < -0.39 is 29.6 Å². The molecule has 2 aromatic carbocycles. The van der Waals surface area contributed by atoms with Gasteiger partial charge in [-0.2, -0.15) is 0 Å². The predicted octanol–water partition coefficient (Wildman–Crippen LogP) is 3.46. The first-order valence-corrected chi connectivity index (χ1v) is 10.1. The Bertz CT molecular complexity index is 888. The van der Waals surface area contributed by atoms with Crippen LogP contribution in [0.5, 0.6) is 5.75 Å². The van der Waals surface area contributed by atoms with E-state index in [2.05, 4.69) is 10.6 Å². The first-order chi connectivity index (χ1) is 14.6. The molecule has 0 fully saturated rings. The van der Waals surface area contributed by atoms with Crippen LogP contribution in [0.25, 0.3) is 0 Å². The number of esters is 1. The van der Waals surface area contributed by atoms with Crippen LogP contribution in [-0.4, -0.2) is 30.5 Å². The second-order valence-corrected chi connectivity index (χ2v) is 8.18. The van der Waals surface area contributed by atoms with Crippen molar-refractivity contribution in [3.8, 4) is 5.75 Å². The maximum Gasteiger partial charge on any atom is 0.333 e. The summed E-state index contributed by atoms with van der Waals surface area (Å²) in [5.41, 5.74) is 0.668. The van der Waals surface area contributed by atoms with Crippen LogP contribution in [0.3, 0.4) is 0 Å². The van der Waals surface area contributed by atoms with Crippen molar-refractivity contribution >= 4 is 17.8 Å². The molecule has 7 heteroatoms. The molecular formula is C24H30N2O5. The van der Waals surface area contributed by atoms with Gasteiger partial charge in [0, 0.05) is 6.92 Å². The highest BCUT2D eigenvalue weighted by Gasteiger charge is 2.29. The van der Waals surface area contributed by atoms with E-state index in [-0.39, 0.29) is 12.3 Å². The van der Waals surface area contributed by atoms with Crippen molar-refractivity contribution in [2.24, 2.45) is 0 Å². The number of carbonyl (C=O) groups is 3. The Labute approximate surface area is 183 Å². The van der Waals surface area contributed by atoms with Crippen LogP contribution in [-0.2, 0) is 19.1 Å². The van der Waals surface area contributed by atoms with Gasteiger partial charge in [0.05, 0.1) is 19.6 Å². The van der Waals surface area contributed by atoms with Crippen molar-refractivity contribution in [1.29, 1.82) is 0 Å². The van der Waals surface area contributed by atoms with Crippen LogP contribution < -0.4 is 15.4 Å². The van der Waals surface area contributed by atoms with Gasteiger partial charge >= 0.3 is 5.97 Å². The molecule has 2 amide bonds. The second kappa shape index (κ2) is 10.6. The summed E-state index contributed by atoms with van der Waals surface area (Å²) in [6, 6.07) is 14.5. The number of amides is 2. The Balaban J connectivity index is 2.21. The van der Waals surface area contributed by atoms with Crippen molar-refractivity contribution in [2.45, 2.75) is 51.8 Å². The van der Waals surface area contributed by atoms with Gasteiger partial charge in [0.25, 0.3) is 0 Å². The lowest BCUT2D eigenvalue weighted by Gasteiger charge is -2.25. The molecule has 0 spiro atoms. The molecule has 2 atom stereocenters. The number of ether oxygens (including phenoxy) is 2. The molecule has 0 heterocycles. The van der Waals surface area contributed by atoms with E-state index in [0.717, 1.165) is 5.56 Å². The van der Waals surface area contributed by atoms with Crippen LogP contribution >= 0.6 is 0 Å². The van der Waals surface area contributed by atoms with E-state index in [4.69, 9.17) is 9.47 Å². The molecular weight excluding hydrogens is 396 g/mol. The van der Waals surface area contributed by atoms with Crippen molar-refractivity contribution in [1.82, 2.24) is 10.6 Å². The molecule has 0 unspecified atom stereocenters. The van der Waals surface area contributed by atoms with Crippen LogP contribution in [0.2, 0.25) is 0 Å². The number of carbonyl (C=O) groups excluding carboxylic acids is 3. The zero-order valence-electron chi connectivity index (χ0n) is 18.6. The normalized spacial score (nSPS) is 12.9. The number of nitrogens with one attached hydrogen (secondary N) is 2. The van der Waals surface area contributed by atoms with Gasteiger partial charge in [-0.3, -0.25) is 9.59 Å². The highest BCUT2D eigenvalue weighted by Crippen LogP contribution is 2.23. The lowest BCUT2D eigenvalue weighted by atomic mass is 10.0. The minimum absolute atomic E-state index is 0.0436. The van der Waals surface area contributed by atoms with Crippen molar-refractivity contribution in [3.63, 3.8) is 0 Å². The van der Waals surface area contributed by atoms with Gasteiger partial charge in [-0.25, -0.2) is 4.79 Å². The predicted molar refractivity (Wildman–Crippen MR) is 117 cm³/mol. The third kappa shape index (κ3) is 7.77. The summed E-state index contributed by atoms with van der Waals surface area (Å²) in [6.07, 6.45) is -0.0436. The number of hydrogen-bond donors (Lipinski definition) is 2. The van der Waals surface area contributed by atoms with E-state index in [1.54, 1.807) is 76.4 Å². The Kier molecular flexibility index (Phi) is 8.19. The molecule has 31 heavy (non-hydrogen) atoms. The van der Waals surface area contributed by atoms with Crippen LogP contribution in [0.4, 0.5) is 0 Å². The third-order valence-electron chi connectivity index (χ3n) is 4.37. The first kappa shape index (κ1) is 23.9. The van der Waals surface area contributed by atoms with E-state index in [0.29, 0.717) is 11.3 Å². The lowest BCUT2D eigenvalue weighted by Crippen LogP contribution is -2.39. The van der Waals surface area contributed by atoms with Crippen molar-refractivity contribution in [2.75, 3.05) is 7.11 Å². The summed E-state index contributed by atoms with van der Waals surface area (Å²) in [4.78, 5) is 37.4. The van der Waals surface area contributed by atoms with Gasteiger partial charge < -0.3 is 20.1 Å². The molecule has 0 aliphatic heterocycles. The summed E-state index contributed by atoms with van der Waals surface area (Å²) >= 11 is 0. The minimum Gasteiger partial charge on any atom is -0.497 e. The molecule has 2 rings (SSSR count). The average molecular weight is 427 g/mol. The van der Waals surface area contributed by atoms with Gasteiger partial charge in [-0.1, -0.05) is 42.5 Å². The van der Waals surface area contributed by atoms with Gasteiger partial charge in [-0.05, 0) is 44.0 Å². The van der Waals surface area contributed by atoms with E-state index in [1.807, 2.05) is 6.07 Å². The summed E-state index contributed by atoms with van der Waals surface area (Å²) < 4.78 is 10.7. The quantitative estimate of drug-likeness (QED) is 0.631. The zero-order valence-corrected chi connectivity index (χ0v) is 18.6. The van der Waals surface area contributed by atoms with Crippen molar-refractivity contribution in [3.05, 3.63) is 65.7 Å². The minimum atomic E-state index is -0.957. The standard InChI is InChI=1S/C24H30N2O5/c1-16(27)25-20(17-11-13-19(30-5)14-12-17)15-21(28)26-22(18-9-7-6-8-10-18)23(29)31-24(2,3)4/h6-14,20,22H,15H2,1-5H3,(H,25,27)(H,26,28)/t20-,22+/m1/s1. The lowest BCUT2D eigenvalue weighted by molar-refractivity contribution is -0.159. The summed E-state index contributed by atoms with van der Waals surface area (Å²) in [7, 11) is 1.56. The Hall–Kier alpha value is -3.35. The number of methoxy groups -OCH3 is 1. The van der Waals surface area contributed by atoms with Gasteiger partial charge in [0.15, 0.2) is 6.04 Å². The van der Waals surface area contributed by atoms with Crippen molar-refractivity contribution < 1.29 is 23.9 Å². The molecule has 2 N–H and O–H groups in total. The first-order valence-electron chi connectivity index (χ1n) is 10.1. The molecule has 0 aromatic heterocycles. The van der Waals surface area contributed by atoms with E-state index in [1.165, 1.54) is 6.92 Å². The Morgan fingerprint density at radius 3 is 2.03 bits per heavy atom. The summed E-state index contributed by atoms with van der Waals surface area (Å²) in [5.74, 6) is -0.536. The zero-order chi connectivity index (χ0) is 23.0. The van der Waals surface area contributed by atoms with Crippen LogP contribution in [0.15, 0.2) is 54.6 Å². The number of rotatable bonds is 8. The molecule has 166 valence electrons. The van der Waals surface area contributed by atoms with Gasteiger partial charge in [0.2, 0.25) is 11.8 Å². The molecule has 0 aliphatic rings. The SMILES string of the molecule is COc1ccc([C@@H](CC(=O)N[C@H](C(=O)OC(C)(C)C)c2ccccc2)NC(C)=O)cc1. The molecule has 2 aromatic rings. The Morgan fingerprint density at radius 2 is 1.52 bits per heavy atom. The van der Waals surface area contributed by atoms with E-state index >= 15 is 0 Å². The third-order valence-corrected chi connectivity index (χ3v) is 4.37. The highest BCUT2D eigenvalue weighted by atomic mass is 16.6. The number of benzene rings is 2. The maximum atomic E-state index is 12.9. The fourth-order valence-electron chi connectivity index (χ4n) is 3.02.